The van der Waals surface area contributed by atoms with E-state index in [1.807, 2.05) is 19.3 Å². The summed E-state index contributed by atoms with van der Waals surface area (Å²) >= 11 is 0. The normalized spacial score (nSPS) is 21.6. The van der Waals surface area contributed by atoms with Crippen molar-refractivity contribution in [3.63, 3.8) is 0 Å². The first-order chi connectivity index (χ1) is 8.36. The van der Waals surface area contributed by atoms with Gasteiger partial charge >= 0.3 is 0 Å². The summed E-state index contributed by atoms with van der Waals surface area (Å²) in [6, 6.07) is 2.88. The molecule has 92 valence electrons. The Hall–Kier alpha value is -1.36. The molecule has 2 fully saturated rings. The summed E-state index contributed by atoms with van der Waals surface area (Å²) in [5.41, 5.74) is 0. The van der Waals surface area contributed by atoms with Crippen LogP contribution in [0, 0.1) is 0 Å². The molecule has 5 nitrogen and oxygen atoms in total. The van der Waals surface area contributed by atoms with Crippen molar-refractivity contribution in [2.45, 2.75) is 18.9 Å². The van der Waals surface area contributed by atoms with Gasteiger partial charge in [-0.3, -0.25) is 4.90 Å². The predicted octanol–water partition coefficient (Wildman–Crippen LogP) is 0.803. The number of nitrogens with zero attached hydrogens (tertiary/aromatic N) is 4. The SMILES string of the molecule is CNc1nccc(N2CCN(C3CC3)CC2)n1. The van der Waals surface area contributed by atoms with Crippen molar-refractivity contribution in [2.24, 2.45) is 0 Å². The fraction of sp³-hybridized carbons (Fsp3) is 0.667. The number of hydrogen-bond acceptors (Lipinski definition) is 5. The fourth-order valence-corrected chi connectivity index (χ4v) is 2.40. The molecule has 1 aromatic heterocycles. The summed E-state index contributed by atoms with van der Waals surface area (Å²) in [5.74, 6) is 1.74. The molecule has 1 N–H and O–H groups in total. The molecular formula is C12H19N5. The molecule has 17 heavy (non-hydrogen) atoms. The van der Waals surface area contributed by atoms with Gasteiger partial charge in [-0.05, 0) is 18.9 Å². The third kappa shape index (κ3) is 2.34. The number of nitrogens with one attached hydrogen (secondary N) is 1. The minimum absolute atomic E-state index is 0.701. The quantitative estimate of drug-likeness (QED) is 0.836. The zero-order chi connectivity index (χ0) is 11.7. The Kier molecular flexibility index (Phi) is 2.84. The lowest BCUT2D eigenvalue weighted by Crippen LogP contribution is -2.47. The Morgan fingerprint density at radius 2 is 2.00 bits per heavy atom. The molecule has 1 aromatic rings. The second kappa shape index (κ2) is 4.49. The minimum atomic E-state index is 0.701. The van der Waals surface area contributed by atoms with E-state index >= 15 is 0 Å². The summed E-state index contributed by atoms with van der Waals surface area (Å²) in [7, 11) is 1.85. The first-order valence-corrected chi connectivity index (χ1v) is 6.36. The molecule has 0 atom stereocenters. The maximum Gasteiger partial charge on any atom is 0.224 e. The van der Waals surface area contributed by atoms with Crippen molar-refractivity contribution in [2.75, 3.05) is 43.4 Å². The second-order valence-corrected chi connectivity index (χ2v) is 4.74. The first kappa shape index (κ1) is 10.8. The van der Waals surface area contributed by atoms with Gasteiger partial charge in [-0.25, -0.2) is 4.98 Å². The van der Waals surface area contributed by atoms with Gasteiger partial charge in [0.05, 0.1) is 0 Å². The molecule has 0 unspecified atom stereocenters. The smallest absolute Gasteiger partial charge is 0.224 e. The first-order valence-electron chi connectivity index (χ1n) is 6.36. The number of hydrogen-bond donors (Lipinski definition) is 1. The molecular weight excluding hydrogens is 214 g/mol. The Labute approximate surface area is 102 Å². The maximum absolute atomic E-state index is 4.49. The van der Waals surface area contributed by atoms with Gasteiger partial charge in [-0.2, -0.15) is 4.98 Å². The summed E-state index contributed by atoms with van der Waals surface area (Å²) in [4.78, 5) is 13.6. The molecule has 0 bridgehead atoms. The molecule has 2 aliphatic rings. The van der Waals surface area contributed by atoms with E-state index in [2.05, 4.69) is 25.1 Å². The van der Waals surface area contributed by atoms with E-state index < -0.39 is 0 Å². The van der Waals surface area contributed by atoms with Gasteiger partial charge in [-0.1, -0.05) is 0 Å². The van der Waals surface area contributed by atoms with E-state index in [0.717, 1.165) is 24.9 Å². The van der Waals surface area contributed by atoms with Crippen molar-refractivity contribution in [3.05, 3.63) is 12.3 Å². The third-order valence-electron chi connectivity index (χ3n) is 3.57. The highest BCUT2D eigenvalue weighted by Crippen LogP contribution is 2.28. The lowest BCUT2D eigenvalue weighted by atomic mass is 10.3. The van der Waals surface area contributed by atoms with Crippen molar-refractivity contribution < 1.29 is 0 Å². The van der Waals surface area contributed by atoms with Crippen LogP contribution in [-0.2, 0) is 0 Å². The van der Waals surface area contributed by atoms with Gasteiger partial charge in [-0.15, -0.1) is 0 Å². The molecule has 1 aliphatic heterocycles. The molecule has 0 spiro atoms. The van der Waals surface area contributed by atoms with Crippen LogP contribution in [0.25, 0.3) is 0 Å². The highest BCUT2D eigenvalue weighted by atomic mass is 15.3. The lowest BCUT2D eigenvalue weighted by Gasteiger charge is -2.35. The Morgan fingerprint density at radius 1 is 1.24 bits per heavy atom. The summed E-state index contributed by atoms with van der Waals surface area (Å²) in [5, 5.41) is 2.98. The summed E-state index contributed by atoms with van der Waals surface area (Å²) in [6.45, 7) is 4.50. The van der Waals surface area contributed by atoms with Crippen LogP contribution in [0.4, 0.5) is 11.8 Å². The van der Waals surface area contributed by atoms with Crippen LogP contribution in [0.15, 0.2) is 12.3 Å². The molecule has 5 heteroatoms. The largest absolute Gasteiger partial charge is 0.357 e. The number of piperazine rings is 1. The van der Waals surface area contributed by atoms with Crippen molar-refractivity contribution in [1.82, 2.24) is 14.9 Å². The Balaban J connectivity index is 1.64. The number of aromatic nitrogens is 2. The molecule has 0 amide bonds. The molecule has 0 aromatic carbocycles. The topological polar surface area (TPSA) is 44.3 Å². The van der Waals surface area contributed by atoms with Crippen molar-refractivity contribution in [1.29, 1.82) is 0 Å². The molecule has 1 saturated heterocycles. The molecule has 1 aliphatic carbocycles. The minimum Gasteiger partial charge on any atom is -0.357 e. The van der Waals surface area contributed by atoms with E-state index in [1.54, 1.807) is 0 Å². The molecule has 3 rings (SSSR count). The van der Waals surface area contributed by atoms with E-state index in [1.165, 1.54) is 25.9 Å². The van der Waals surface area contributed by atoms with Crippen molar-refractivity contribution >= 4 is 11.8 Å². The Morgan fingerprint density at radius 3 is 2.65 bits per heavy atom. The average Bonchev–Trinajstić information content (AvgIpc) is 3.23. The second-order valence-electron chi connectivity index (χ2n) is 4.74. The van der Waals surface area contributed by atoms with Crippen LogP contribution in [-0.4, -0.2) is 54.1 Å². The lowest BCUT2D eigenvalue weighted by molar-refractivity contribution is 0.247. The fourth-order valence-electron chi connectivity index (χ4n) is 2.40. The van der Waals surface area contributed by atoms with Crippen LogP contribution < -0.4 is 10.2 Å². The van der Waals surface area contributed by atoms with Gasteiger partial charge < -0.3 is 10.2 Å². The van der Waals surface area contributed by atoms with Gasteiger partial charge in [0, 0.05) is 45.5 Å². The van der Waals surface area contributed by atoms with E-state index in [0.29, 0.717) is 5.95 Å². The highest BCUT2D eigenvalue weighted by molar-refractivity contribution is 5.42. The van der Waals surface area contributed by atoms with Gasteiger partial charge in [0.15, 0.2) is 0 Å². The van der Waals surface area contributed by atoms with Crippen LogP contribution in [0.2, 0.25) is 0 Å². The van der Waals surface area contributed by atoms with E-state index in [9.17, 15) is 0 Å². The van der Waals surface area contributed by atoms with Gasteiger partial charge in [0.2, 0.25) is 5.95 Å². The van der Waals surface area contributed by atoms with E-state index in [4.69, 9.17) is 0 Å². The third-order valence-corrected chi connectivity index (χ3v) is 3.57. The molecule has 1 saturated carbocycles. The van der Waals surface area contributed by atoms with E-state index in [-0.39, 0.29) is 0 Å². The van der Waals surface area contributed by atoms with Crippen molar-refractivity contribution in [3.8, 4) is 0 Å². The zero-order valence-corrected chi connectivity index (χ0v) is 10.3. The summed E-state index contributed by atoms with van der Waals surface area (Å²) in [6.07, 6.45) is 4.62. The van der Waals surface area contributed by atoms with Crippen LogP contribution in [0.1, 0.15) is 12.8 Å². The maximum atomic E-state index is 4.49. The molecule has 2 heterocycles. The van der Waals surface area contributed by atoms with Crippen LogP contribution in [0.3, 0.4) is 0 Å². The summed E-state index contributed by atoms with van der Waals surface area (Å²) < 4.78 is 0. The Bertz CT molecular complexity index is 382. The standard InChI is InChI=1S/C12H19N5/c1-13-12-14-5-4-11(15-12)17-8-6-16(7-9-17)10-2-3-10/h4-5,10H,2-3,6-9H2,1H3,(H,13,14,15). The van der Waals surface area contributed by atoms with Gasteiger partial charge in [0.25, 0.3) is 0 Å². The average molecular weight is 233 g/mol. The number of anilines is 2. The van der Waals surface area contributed by atoms with Gasteiger partial charge in [0.1, 0.15) is 5.82 Å². The van der Waals surface area contributed by atoms with Crippen LogP contribution >= 0.6 is 0 Å². The highest BCUT2D eigenvalue weighted by Gasteiger charge is 2.31. The van der Waals surface area contributed by atoms with Crippen LogP contribution in [0.5, 0.6) is 0 Å². The monoisotopic (exact) mass is 233 g/mol. The number of rotatable bonds is 3. The predicted molar refractivity (Wildman–Crippen MR) is 68.4 cm³/mol. The molecule has 0 radical (unpaired) electrons. The zero-order valence-electron chi connectivity index (χ0n) is 10.3.